The van der Waals surface area contributed by atoms with Crippen LogP contribution in [0.15, 0.2) is 65.4 Å². The maximum atomic E-state index is 13.8. The van der Waals surface area contributed by atoms with Crippen LogP contribution in [0.2, 0.25) is 0 Å². The maximum absolute atomic E-state index is 13.8. The molecule has 2 aromatic carbocycles. The molecule has 1 aliphatic rings. The van der Waals surface area contributed by atoms with E-state index in [-0.39, 0.29) is 11.7 Å². The lowest BCUT2D eigenvalue weighted by molar-refractivity contribution is 0.0299. The van der Waals surface area contributed by atoms with Crippen molar-refractivity contribution in [3.05, 3.63) is 89.5 Å². The van der Waals surface area contributed by atoms with E-state index in [9.17, 15) is 9.18 Å². The number of benzene rings is 2. The van der Waals surface area contributed by atoms with Gasteiger partial charge in [-0.15, -0.1) is 0 Å². The van der Waals surface area contributed by atoms with Gasteiger partial charge in [0.1, 0.15) is 12.1 Å². The molecule has 4 aromatic rings. The highest BCUT2D eigenvalue weighted by Gasteiger charge is 2.22. The smallest absolute Gasteiger partial charge is 0.275 e. The van der Waals surface area contributed by atoms with E-state index in [1.165, 1.54) is 23.3 Å². The minimum absolute atomic E-state index is 0.145. The molecule has 0 bridgehead atoms. The molecule has 3 heterocycles. The number of halogens is 1. The van der Waals surface area contributed by atoms with Crippen LogP contribution in [-0.2, 0) is 24.2 Å². The lowest BCUT2D eigenvalue weighted by Crippen LogP contribution is -2.40. The molecule has 1 saturated heterocycles. The molecule has 1 aliphatic heterocycles. The van der Waals surface area contributed by atoms with Crippen molar-refractivity contribution < 1.29 is 18.3 Å². The number of hydrogen-bond acceptors (Lipinski definition) is 5. The fourth-order valence-corrected chi connectivity index (χ4v) is 4.33. The zero-order valence-corrected chi connectivity index (χ0v) is 18.9. The molecule has 0 atom stereocenters. The Morgan fingerprint density at radius 2 is 1.97 bits per heavy atom. The molecule has 5 rings (SSSR count). The number of ether oxygens (including phenoxy) is 1. The summed E-state index contributed by atoms with van der Waals surface area (Å²) in [7, 11) is 0. The van der Waals surface area contributed by atoms with E-state index in [0.29, 0.717) is 57.5 Å². The second-order valence-electron chi connectivity index (χ2n) is 8.48. The molecule has 2 aromatic heterocycles. The van der Waals surface area contributed by atoms with Crippen LogP contribution < -0.4 is 0 Å². The quantitative estimate of drug-likeness (QED) is 0.428. The van der Waals surface area contributed by atoms with E-state index >= 15 is 0 Å². The largest absolute Gasteiger partial charge is 0.447 e. The Labute approximate surface area is 197 Å². The Bertz CT molecular complexity index is 1260. The van der Waals surface area contributed by atoms with Crippen LogP contribution in [0, 0.1) is 5.82 Å². The summed E-state index contributed by atoms with van der Waals surface area (Å²) in [6.07, 6.45) is 4.27. The third kappa shape index (κ3) is 5.18. The first-order valence-corrected chi connectivity index (χ1v) is 11.5. The van der Waals surface area contributed by atoms with E-state index in [1.807, 2.05) is 24.4 Å². The summed E-state index contributed by atoms with van der Waals surface area (Å²) < 4.78 is 24.8. The van der Waals surface area contributed by atoms with E-state index in [2.05, 4.69) is 27.0 Å². The molecule has 1 amide bonds. The number of carbonyl (C=O) groups excluding carboxylic acids is 1. The van der Waals surface area contributed by atoms with Crippen molar-refractivity contribution in [1.29, 1.82) is 0 Å². The number of oxazole rings is 1. The van der Waals surface area contributed by atoms with Gasteiger partial charge in [0.2, 0.25) is 5.89 Å². The Morgan fingerprint density at radius 3 is 2.82 bits per heavy atom. The SMILES string of the molecule is O=C(c1coc(CN(CCc2c[nH]c3ccccc23)Cc2cccc(F)c2)n1)N1CCOCC1. The number of aromatic nitrogens is 2. The van der Waals surface area contributed by atoms with E-state index in [4.69, 9.17) is 9.15 Å². The van der Waals surface area contributed by atoms with Gasteiger partial charge in [0.15, 0.2) is 5.69 Å². The molecule has 0 aliphatic carbocycles. The standard InChI is InChI=1S/C26H27FN4O3/c27-21-5-3-4-19(14-21)16-30(9-8-20-15-28-23-7-2-1-6-22(20)23)17-25-29-24(18-34-25)26(32)31-10-12-33-13-11-31/h1-7,14-15,18,28H,8-13,16-17H2. The highest BCUT2D eigenvalue weighted by molar-refractivity contribution is 5.92. The van der Waals surface area contributed by atoms with Crippen LogP contribution in [0.4, 0.5) is 4.39 Å². The van der Waals surface area contributed by atoms with Gasteiger partial charge in [-0.2, -0.15) is 0 Å². The molecule has 0 spiro atoms. The summed E-state index contributed by atoms with van der Waals surface area (Å²) in [4.78, 5) is 24.4. The first kappa shape index (κ1) is 22.3. The van der Waals surface area contributed by atoms with Crippen LogP contribution in [0.1, 0.15) is 27.5 Å². The number of aromatic amines is 1. The van der Waals surface area contributed by atoms with Gasteiger partial charge >= 0.3 is 0 Å². The van der Waals surface area contributed by atoms with E-state index in [1.54, 1.807) is 17.0 Å². The fraction of sp³-hybridized carbons (Fsp3) is 0.308. The molecule has 1 fully saturated rings. The van der Waals surface area contributed by atoms with Crippen molar-refractivity contribution in [2.45, 2.75) is 19.5 Å². The second kappa shape index (κ2) is 10.2. The number of amides is 1. The van der Waals surface area contributed by atoms with Crippen molar-refractivity contribution in [3.8, 4) is 0 Å². The number of nitrogens with one attached hydrogen (secondary N) is 1. The first-order valence-electron chi connectivity index (χ1n) is 11.5. The summed E-state index contributed by atoms with van der Waals surface area (Å²) in [6.45, 7) is 3.84. The maximum Gasteiger partial charge on any atom is 0.275 e. The highest BCUT2D eigenvalue weighted by Crippen LogP contribution is 2.20. The summed E-state index contributed by atoms with van der Waals surface area (Å²) in [5, 5.41) is 1.20. The van der Waals surface area contributed by atoms with Gasteiger partial charge in [0, 0.05) is 43.3 Å². The summed E-state index contributed by atoms with van der Waals surface area (Å²) >= 11 is 0. The molecule has 8 heteroatoms. The number of fused-ring (bicyclic) bond motifs is 1. The van der Waals surface area contributed by atoms with E-state index < -0.39 is 0 Å². The number of nitrogens with zero attached hydrogens (tertiary/aromatic N) is 3. The molecule has 34 heavy (non-hydrogen) atoms. The predicted octanol–water partition coefficient (Wildman–Crippen LogP) is 4.01. The lowest BCUT2D eigenvalue weighted by Gasteiger charge is -2.25. The lowest BCUT2D eigenvalue weighted by atomic mass is 10.1. The summed E-state index contributed by atoms with van der Waals surface area (Å²) in [6, 6.07) is 14.8. The Hall–Kier alpha value is -3.49. The van der Waals surface area contributed by atoms with Crippen molar-refractivity contribution in [3.63, 3.8) is 0 Å². The van der Waals surface area contributed by atoms with Crippen LogP contribution >= 0.6 is 0 Å². The number of morpholine rings is 1. The minimum atomic E-state index is -0.261. The van der Waals surface area contributed by atoms with Crippen LogP contribution in [0.3, 0.4) is 0 Å². The molecule has 0 unspecified atom stereocenters. The van der Waals surface area contributed by atoms with Gasteiger partial charge in [0.05, 0.1) is 19.8 Å². The van der Waals surface area contributed by atoms with Crippen LogP contribution in [0.5, 0.6) is 0 Å². The molecular formula is C26H27FN4O3. The number of carbonyl (C=O) groups is 1. The van der Waals surface area contributed by atoms with Crippen molar-refractivity contribution in [2.75, 3.05) is 32.8 Å². The number of rotatable bonds is 8. The zero-order valence-electron chi connectivity index (χ0n) is 18.9. The second-order valence-corrected chi connectivity index (χ2v) is 8.48. The van der Waals surface area contributed by atoms with Crippen molar-refractivity contribution >= 4 is 16.8 Å². The normalized spacial score (nSPS) is 14.2. The van der Waals surface area contributed by atoms with Crippen LogP contribution in [-0.4, -0.2) is 58.5 Å². The third-order valence-electron chi connectivity index (χ3n) is 6.10. The van der Waals surface area contributed by atoms with Crippen molar-refractivity contribution in [1.82, 2.24) is 19.8 Å². The van der Waals surface area contributed by atoms with Crippen LogP contribution in [0.25, 0.3) is 10.9 Å². The summed E-state index contributed by atoms with van der Waals surface area (Å²) in [5.74, 6) is 0.0595. The highest BCUT2D eigenvalue weighted by atomic mass is 19.1. The van der Waals surface area contributed by atoms with Gasteiger partial charge in [-0.3, -0.25) is 9.69 Å². The monoisotopic (exact) mass is 462 g/mol. The molecule has 0 radical (unpaired) electrons. The minimum Gasteiger partial charge on any atom is -0.447 e. The van der Waals surface area contributed by atoms with E-state index in [0.717, 1.165) is 17.5 Å². The molecule has 0 saturated carbocycles. The Balaban J connectivity index is 1.31. The Kier molecular flexibility index (Phi) is 6.69. The van der Waals surface area contributed by atoms with Gasteiger partial charge in [-0.05, 0) is 35.7 Å². The number of hydrogen-bond donors (Lipinski definition) is 1. The fourth-order valence-electron chi connectivity index (χ4n) is 4.33. The Morgan fingerprint density at radius 1 is 1.12 bits per heavy atom. The number of para-hydroxylation sites is 1. The molecular weight excluding hydrogens is 435 g/mol. The zero-order chi connectivity index (χ0) is 23.3. The average Bonchev–Trinajstić information content (AvgIpc) is 3.50. The molecule has 7 nitrogen and oxygen atoms in total. The molecule has 176 valence electrons. The number of H-pyrrole nitrogens is 1. The predicted molar refractivity (Wildman–Crippen MR) is 126 cm³/mol. The topological polar surface area (TPSA) is 74.6 Å². The average molecular weight is 463 g/mol. The van der Waals surface area contributed by atoms with Gasteiger partial charge in [-0.25, -0.2) is 9.37 Å². The molecule has 1 N–H and O–H groups in total. The van der Waals surface area contributed by atoms with Crippen molar-refractivity contribution in [2.24, 2.45) is 0 Å². The van der Waals surface area contributed by atoms with Gasteiger partial charge in [0.25, 0.3) is 5.91 Å². The first-order chi connectivity index (χ1) is 16.7. The van der Waals surface area contributed by atoms with Gasteiger partial charge < -0.3 is 19.0 Å². The third-order valence-corrected chi connectivity index (χ3v) is 6.10. The van der Waals surface area contributed by atoms with Gasteiger partial charge in [-0.1, -0.05) is 30.3 Å². The summed E-state index contributed by atoms with van der Waals surface area (Å²) in [5.41, 5.74) is 3.50.